The number of carboxylic acids is 1. The number of pyridine rings is 1. The molecule has 108 valence electrons. The van der Waals surface area contributed by atoms with E-state index in [4.69, 9.17) is 5.11 Å². The number of carbonyl (C=O) groups is 1. The summed E-state index contributed by atoms with van der Waals surface area (Å²) in [6.07, 6.45) is 1.80. The molecule has 0 amide bonds. The van der Waals surface area contributed by atoms with Crippen LogP contribution < -0.4 is 5.32 Å². The summed E-state index contributed by atoms with van der Waals surface area (Å²) in [6.45, 7) is 5.24. The lowest BCUT2D eigenvalue weighted by Gasteiger charge is -2.32. The van der Waals surface area contributed by atoms with Gasteiger partial charge in [0.1, 0.15) is 5.82 Å². The highest BCUT2D eigenvalue weighted by Gasteiger charge is 2.40. The molecule has 2 heterocycles. The molecule has 2 N–H and O–H groups in total. The van der Waals surface area contributed by atoms with E-state index in [9.17, 15) is 4.79 Å². The molecule has 4 nitrogen and oxygen atoms in total. The van der Waals surface area contributed by atoms with Crippen molar-refractivity contribution in [2.75, 3.05) is 11.9 Å². The molecule has 0 spiro atoms. The molecule has 0 saturated carbocycles. The number of aromatic nitrogens is 1. The van der Waals surface area contributed by atoms with Crippen LogP contribution in [0.25, 0.3) is 0 Å². The summed E-state index contributed by atoms with van der Waals surface area (Å²) >= 11 is 0. The van der Waals surface area contributed by atoms with Gasteiger partial charge in [-0.05, 0) is 29.7 Å². The van der Waals surface area contributed by atoms with E-state index in [1.54, 1.807) is 18.3 Å². The molecule has 0 bridgehead atoms. The second kappa shape index (κ2) is 4.88. The number of anilines is 1. The Bertz CT molecular complexity index is 681. The van der Waals surface area contributed by atoms with E-state index >= 15 is 0 Å². The number of aromatic carboxylic acids is 1. The number of nitrogens with zero attached hydrogens (tertiary/aromatic N) is 1. The number of hydrogen-bond donors (Lipinski definition) is 2. The maximum Gasteiger partial charge on any atom is 0.335 e. The van der Waals surface area contributed by atoms with E-state index in [0.29, 0.717) is 5.56 Å². The lowest BCUT2D eigenvalue weighted by molar-refractivity contribution is 0.0697. The highest BCUT2D eigenvalue weighted by molar-refractivity contribution is 5.87. The molecule has 3 rings (SSSR count). The molecular formula is C17H18N2O2. The molecule has 0 fully saturated rings. The first kappa shape index (κ1) is 13.6. The molecule has 1 aromatic carbocycles. The molecule has 2 atom stereocenters. The Morgan fingerprint density at radius 2 is 2.05 bits per heavy atom. The fraction of sp³-hybridized carbons (Fsp3) is 0.294. The van der Waals surface area contributed by atoms with E-state index in [1.807, 2.05) is 18.2 Å². The molecule has 21 heavy (non-hydrogen) atoms. The third kappa shape index (κ3) is 2.17. The zero-order chi connectivity index (χ0) is 15.0. The number of carboxylic acid groups (broad SMARTS) is 1. The second-order valence-electron chi connectivity index (χ2n) is 5.82. The SMILES string of the molecule is C[C@H](c1ccc(C(=O)O)cc1)[C@@]1(C)CNc2ncccc21. The largest absolute Gasteiger partial charge is 0.478 e. The van der Waals surface area contributed by atoms with Gasteiger partial charge in [-0.1, -0.05) is 32.0 Å². The Labute approximate surface area is 123 Å². The van der Waals surface area contributed by atoms with Gasteiger partial charge in [-0.2, -0.15) is 0 Å². The summed E-state index contributed by atoms with van der Waals surface area (Å²) in [7, 11) is 0. The molecule has 1 aromatic heterocycles. The zero-order valence-corrected chi connectivity index (χ0v) is 12.1. The summed E-state index contributed by atoms with van der Waals surface area (Å²) in [5.41, 5.74) is 2.64. The van der Waals surface area contributed by atoms with Crippen LogP contribution >= 0.6 is 0 Å². The Balaban J connectivity index is 1.95. The third-order valence-corrected chi connectivity index (χ3v) is 4.66. The second-order valence-corrected chi connectivity index (χ2v) is 5.82. The minimum atomic E-state index is -0.891. The van der Waals surface area contributed by atoms with Gasteiger partial charge in [0.15, 0.2) is 0 Å². The van der Waals surface area contributed by atoms with Crippen molar-refractivity contribution >= 4 is 11.8 Å². The third-order valence-electron chi connectivity index (χ3n) is 4.66. The van der Waals surface area contributed by atoms with Gasteiger partial charge in [-0.15, -0.1) is 0 Å². The van der Waals surface area contributed by atoms with Crippen LogP contribution in [-0.2, 0) is 5.41 Å². The Morgan fingerprint density at radius 3 is 2.71 bits per heavy atom. The van der Waals surface area contributed by atoms with Gasteiger partial charge in [0.05, 0.1) is 5.56 Å². The van der Waals surface area contributed by atoms with E-state index in [2.05, 4.69) is 30.2 Å². The van der Waals surface area contributed by atoms with Gasteiger partial charge in [-0.25, -0.2) is 9.78 Å². The maximum absolute atomic E-state index is 10.9. The first-order valence-electron chi connectivity index (χ1n) is 7.05. The van der Waals surface area contributed by atoms with Crippen molar-refractivity contribution in [2.45, 2.75) is 25.2 Å². The van der Waals surface area contributed by atoms with Crippen LogP contribution in [0.1, 0.15) is 41.3 Å². The van der Waals surface area contributed by atoms with Gasteiger partial charge >= 0.3 is 5.97 Å². The van der Waals surface area contributed by atoms with E-state index < -0.39 is 5.97 Å². The molecule has 0 aliphatic carbocycles. The molecule has 0 unspecified atom stereocenters. The summed E-state index contributed by atoms with van der Waals surface area (Å²) in [5.74, 6) is 0.324. The lowest BCUT2D eigenvalue weighted by Crippen LogP contribution is -2.31. The number of nitrogens with one attached hydrogen (secondary N) is 1. The molecule has 1 aliphatic heterocycles. The van der Waals surface area contributed by atoms with E-state index in [1.165, 1.54) is 5.56 Å². The molecule has 4 heteroatoms. The Hall–Kier alpha value is -2.36. The molecule has 0 radical (unpaired) electrons. The van der Waals surface area contributed by atoms with Gasteiger partial charge in [-0.3, -0.25) is 0 Å². The monoisotopic (exact) mass is 282 g/mol. The average Bonchev–Trinajstić information content (AvgIpc) is 2.86. The zero-order valence-electron chi connectivity index (χ0n) is 12.1. The number of benzene rings is 1. The van der Waals surface area contributed by atoms with Crippen molar-refractivity contribution in [1.29, 1.82) is 0 Å². The van der Waals surface area contributed by atoms with Crippen molar-refractivity contribution in [3.8, 4) is 0 Å². The molecule has 0 saturated heterocycles. The van der Waals surface area contributed by atoms with Crippen LogP contribution in [0.5, 0.6) is 0 Å². The van der Waals surface area contributed by atoms with Gasteiger partial charge in [0.2, 0.25) is 0 Å². The van der Waals surface area contributed by atoms with E-state index in [-0.39, 0.29) is 11.3 Å². The van der Waals surface area contributed by atoms with Crippen LogP contribution in [-0.4, -0.2) is 22.6 Å². The van der Waals surface area contributed by atoms with Crippen molar-refractivity contribution in [3.05, 3.63) is 59.3 Å². The topological polar surface area (TPSA) is 62.2 Å². The number of fused-ring (bicyclic) bond motifs is 1. The van der Waals surface area contributed by atoms with E-state index in [0.717, 1.165) is 17.9 Å². The van der Waals surface area contributed by atoms with Crippen molar-refractivity contribution in [1.82, 2.24) is 4.98 Å². The maximum atomic E-state index is 10.9. The summed E-state index contributed by atoms with van der Waals surface area (Å²) in [4.78, 5) is 15.3. The first-order chi connectivity index (χ1) is 10.0. The van der Waals surface area contributed by atoms with Crippen LogP contribution in [0, 0.1) is 0 Å². The van der Waals surface area contributed by atoms with Crippen LogP contribution in [0.15, 0.2) is 42.6 Å². The fourth-order valence-electron chi connectivity index (χ4n) is 3.04. The van der Waals surface area contributed by atoms with Crippen molar-refractivity contribution < 1.29 is 9.90 Å². The summed E-state index contributed by atoms with van der Waals surface area (Å²) in [6, 6.07) is 11.2. The smallest absolute Gasteiger partial charge is 0.335 e. The quantitative estimate of drug-likeness (QED) is 0.907. The Morgan fingerprint density at radius 1 is 1.33 bits per heavy atom. The molecular weight excluding hydrogens is 264 g/mol. The minimum Gasteiger partial charge on any atom is -0.478 e. The summed E-state index contributed by atoms with van der Waals surface area (Å²) in [5, 5.41) is 12.4. The predicted octanol–water partition coefficient (Wildman–Crippen LogP) is 3.27. The standard InChI is InChI=1S/C17H18N2O2/c1-11(12-5-7-13(8-6-12)16(20)21)17(2)10-19-15-14(17)4-3-9-18-15/h3-9,11H,10H2,1-2H3,(H,18,19)(H,20,21)/t11-,17-/m1/s1. The average molecular weight is 282 g/mol. The highest BCUT2D eigenvalue weighted by Crippen LogP contribution is 2.44. The minimum absolute atomic E-state index is 0.0473. The van der Waals surface area contributed by atoms with Crippen LogP contribution in [0.3, 0.4) is 0 Å². The number of rotatable bonds is 3. The van der Waals surface area contributed by atoms with Crippen LogP contribution in [0.2, 0.25) is 0 Å². The molecule has 1 aliphatic rings. The molecule has 2 aromatic rings. The Kier molecular flexibility index (Phi) is 3.16. The fourth-order valence-corrected chi connectivity index (χ4v) is 3.04. The number of hydrogen-bond acceptors (Lipinski definition) is 3. The lowest BCUT2D eigenvalue weighted by atomic mass is 9.71. The normalized spacial score (nSPS) is 21.4. The highest BCUT2D eigenvalue weighted by atomic mass is 16.4. The van der Waals surface area contributed by atoms with Gasteiger partial charge in [0.25, 0.3) is 0 Å². The van der Waals surface area contributed by atoms with Gasteiger partial charge in [0, 0.05) is 23.7 Å². The first-order valence-corrected chi connectivity index (χ1v) is 7.05. The van der Waals surface area contributed by atoms with Gasteiger partial charge < -0.3 is 10.4 Å². The summed E-state index contributed by atoms with van der Waals surface area (Å²) < 4.78 is 0. The van der Waals surface area contributed by atoms with Crippen LogP contribution in [0.4, 0.5) is 5.82 Å². The predicted molar refractivity (Wildman–Crippen MR) is 81.9 cm³/mol. The van der Waals surface area contributed by atoms with Crippen molar-refractivity contribution in [2.24, 2.45) is 0 Å². The van der Waals surface area contributed by atoms with Crippen molar-refractivity contribution in [3.63, 3.8) is 0 Å².